The van der Waals surface area contributed by atoms with E-state index in [9.17, 15) is 14.4 Å². The van der Waals surface area contributed by atoms with Crippen LogP contribution in [0.25, 0.3) is 22.3 Å². The maximum atomic E-state index is 14.8. The van der Waals surface area contributed by atoms with Crippen LogP contribution >= 0.6 is 0 Å². The predicted molar refractivity (Wildman–Crippen MR) is 238 cm³/mol. The number of nitrogens with one attached hydrogen (secondary N) is 2. The number of likely N-dealkylation sites (tertiary alicyclic amines) is 1. The monoisotopic (exact) mass is 867 g/mol. The van der Waals surface area contributed by atoms with E-state index in [1.807, 2.05) is 72.5 Å². The van der Waals surface area contributed by atoms with E-state index in [0.29, 0.717) is 89.5 Å². The van der Waals surface area contributed by atoms with Crippen molar-refractivity contribution in [2.75, 3.05) is 40.7 Å². The molecule has 3 aromatic carbocycles. The minimum atomic E-state index is -0.905. The van der Waals surface area contributed by atoms with Gasteiger partial charge in [-0.3, -0.25) is 14.4 Å². The van der Waals surface area contributed by atoms with E-state index in [4.69, 9.17) is 28.8 Å². The van der Waals surface area contributed by atoms with Gasteiger partial charge in [0.2, 0.25) is 18.6 Å². The Morgan fingerprint density at radius 2 is 1.66 bits per heavy atom. The summed E-state index contributed by atoms with van der Waals surface area (Å²) in [6.07, 6.45) is 10.2. The molecule has 1 saturated heterocycles. The number of nitrogens with zero attached hydrogens (tertiary/aromatic N) is 5. The van der Waals surface area contributed by atoms with Gasteiger partial charge in [0.05, 0.1) is 49.2 Å². The Hall–Kier alpha value is -6.64. The highest BCUT2D eigenvalue weighted by atomic mass is 16.7. The average Bonchev–Trinajstić information content (AvgIpc) is 3.87. The maximum Gasteiger partial charge on any atom is 0.255 e. The number of aromatic amines is 1. The van der Waals surface area contributed by atoms with Gasteiger partial charge in [-0.2, -0.15) is 5.10 Å². The van der Waals surface area contributed by atoms with Crippen molar-refractivity contribution in [2.24, 2.45) is 22.9 Å². The van der Waals surface area contributed by atoms with Crippen molar-refractivity contribution >= 4 is 34.5 Å². The quantitative estimate of drug-likeness (QED) is 0.124. The molecule has 4 atom stereocenters. The number of aromatic nitrogens is 3. The third-order valence-electron chi connectivity index (χ3n) is 13.7. The van der Waals surface area contributed by atoms with E-state index in [1.165, 1.54) is 6.33 Å². The molecular weight excluding hydrogens is 815 g/mol. The van der Waals surface area contributed by atoms with Crippen LogP contribution in [0.4, 0.5) is 0 Å². The summed E-state index contributed by atoms with van der Waals surface area (Å²) in [6.45, 7) is 3.41. The van der Waals surface area contributed by atoms with E-state index < -0.39 is 11.9 Å². The van der Waals surface area contributed by atoms with Gasteiger partial charge in [-0.05, 0) is 80.3 Å². The Balaban J connectivity index is 0.902. The number of hydrogen-bond donors (Lipinski definition) is 2. The molecule has 0 spiro atoms. The summed E-state index contributed by atoms with van der Waals surface area (Å²) in [4.78, 5) is 57.7. The Kier molecular flexibility index (Phi) is 11.3. The van der Waals surface area contributed by atoms with E-state index in [-0.39, 0.29) is 48.0 Å². The molecule has 2 N–H and O–H groups in total. The molecule has 0 unspecified atom stereocenters. The van der Waals surface area contributed by atoms with Gasteiger partial charge in [0.1, 0.15) is 29.3 Å². The van der Waals surface area contributed by atoms with Crippen molar-refractivity contribution < 1.29 is 38.1 Å². The van der Waals surface area contributed by atoms with Crippen LogP contribution in [0.15, 0.2) is 78.3 Å². The van der Waals surface area contributed by atoms with Gasteiger partial charge in [-0.1, -0.05) is 50.1 Å². The van der Waals surface area contributed by atoms with Crippen LogP contribution in [0.2, 0.25) is 0 Å². The summed E-state index contributed by atoms with van der Waals surface area (Å²) in [5.74, 6) is 2.40. The van der Waals surface area contributed by atoms with Crippen LogP contribution in [0.3, 0.4) is 0 Å². The van der Waals surface area contributed by atoms with Crippen LogP contribution in [-0.2, 0) is 9.59 Å². The second-order valence-electron chi connectivity index (χ2n) is 17.5. The number of ether oxygens (including phenoxy) is 5. The van der Waals surface area contributed by atoms with Crippen LogP contribution in [0.1, 0.15) is 85.7 Å². The topological polar surface area (TPSA) is 170 Å². The second kappa shape index (κ2) is 17.5. The lowest BCUT2D eigenvalue weighted by molar-refractivity contribution is -0.143. The largest absolute Gasteiger partial charge is 0.493 e. The molecule has 3 amide bonds. The number of rotatable bonds is 13. The third kappa shape index (κ3) is 7.74. The third-order valence-corrected chi connectivity index (χ3v) is 13.7. The lowest BCUT2D eigenvalue weighted by Gasteiger charge is -2.44. The van der Waals surface area contributed by atoms with Gasteiger partial charge < -0.3 is 38.9 Å². The second-order valence-corrected chi connectivity index (χ2v) is 17.5. The molecule has 0 bridgehead atoms. The minimum absolute atomic E-state index is 0.0300. The first-order chi connectivity index (χ1) is 31.3. The standard InChI is InChI=1S/C49H53N7O8/c1-28(30-9-5-4-6-10-30)41(53-47(57)35-24-50-45-43(35)51-26-52-44(45)40-37(62-25-29-13-14-29)17-18-38-46(40)64-27-63-38)49(59)55-21-19-32(20-22-55)56-48(58)34-12-8-7-11-33(34)42(54-56)31-15-16-36(60-2)39(23-31)61-3/h4-6,9-10,15-18,23-24,26,28-29,32-34,41,50H,7-8,11-14,19-22,25,27H2,1-3H3,(H,53,57)/t28-,33-,34+,41+/m0/s1. The number of hydrazone groups is 1. The van der Waals surface area contributed by atoms with Gasteiger partial charge in [0, 0.05) is 42.6 Å². The normalized spacial score (nSPS) is 20.6. The molecule has 5 aliphatic rings. The van der Waals surface area contributed by atoms with E-state index in [2.05, 4.69) is 20.3 Å². The minimum Gasteiger partial charge on any atom is -0.493 e. The number of benzene rings is 3. The molecule has 3 fully saturated rings. The molecule has 332 valence electrons. The summed E-state index contributed by atoms with van der Waals surface area (Å²) >= 11 is 0. The Morgan fingerprint density at radius 3 is 2.42 bits per heavy atom. The molecule has 5 heterocycles. The highest BCUT2D eigenvalue weighted by molar-refractivity contribution is 6.10. The van der Waals surface area contributed by atoms with Crippen molar-refractivity contribution in [3.05, 3.63) is 89.9 Å². The zero-order valence-corrected chi connectivity index (χ0v) is 36.4. The Labute approximate surface area is 371 Å². The molecule has 15 heteroatoms. The fourth-order valence-corrected chi connectivity index (χ4v) is 9.88. The molecule has 2 aliphatic carbocycles. The van der Waals surface area contributed by atoms with Crippen molar-refractivity contribution in [3.63, 3.8) is 0 Å². The van der Waals surface area contributed by atoms with E-state index in [1.54, 1.807) is 25.4 Å². The first kappa shape index (κ1) is 41.4. The van der Waals surface area contributed by atoms with Gasteiger partial charge >= 0.3 is 0 Å². The van der Waals surface area contributed by atoms with Crippen molar-refractivity contribution in [2.45, 2.75) is 76.3 Å². The first-order valence-corrected chi connectivity index (χ1v) is 22.5. The van der Waals surface area contributed by atoms with Crippen LogP contribution in [-0.4, -0.2) is 101 Å². The van der Waals surface area contributed by atoms with Crippen LogP contribution in [0.5, 0.6) is 28.7 Å². The highest BCUT2D eigenvalue weighted by Crippen LogP contribution is 2.48. The number of methoxy groups -OCH3 is 2. The fourth-order valence-electron chi connectivity index (χ4n) is 9.88. The zero-order chi connectivity index (χ0) is 43.9. The molecule has 0 radical (unpaired) electrons. The predicted octanol–water partition coefficient (Wildman–Crippen LogP) is 7.11. The maximum absolute atomic E-state index is 14.8. The smallest absolute Gasteiger partial charge is 0.255 e. The average molecular weight is 868 g/mol. The number of carbonyl (C=O) groups excluding carboxylic acids is 3. The highest BCUT2D eigenvalue weighted by Gasteiger charge is 2.45. The molecule has 5 aromatic rings. The van der Waals surface area contributed by atoms with Crippen molar-refractivity contribution in [1.29, 1.82) is 0 Å². The number of H-pyrrole nitrogens is 1. The summed E-state index contributed by atoms with van der Waals surface area (Å²) in [5, 5.41) is 9.95. The van der Waals surface area contributed by atoms with Gasteiger partial charge in [-0.25, -0.2) is 15.0 Å². The van der Waals surface area contributed by atoms with Gasteiger partial charge in [0.15, 0.2) is 23.0 Å². The lowest BCUT2D eigenvalue weighted by Crippen LogP contribution is -2.56. The molecule has 2 aromatic heterocycles. The lowest BCUT2D eigenvalue weighted by atomic mass is 9.73. The molecule has 64 heavy (non-hydrogen) atoms. The number of fused-ring (bicyclic) bond motifs is 3. The zero-order valence-electron chi connectivity index (χ0n) is 36.4. The Bertz CT molecular complexity index is 2600. The van der Waals surface area contributed by atoms with E-state index in [0.717, 1.165) is 55.4 Å². The number of hydrogen-bond acceptors (Lipinski definition) is 11. The molecule has 3 aliphatic heterocycles. The summed E-state index contributed by atoms with van der Waals surface area (Å²) in [6, 6.07) is 18.2. The summed E-state index contributed by atoms with van der Waals surface area (Å²) in [5.41, 5.74) is 5.06. The summed E-state index contributed by atoms with van der Waals surface area (Å²) < 4.78 is 29.1. The SMILES string of the molecule is COc1ccc(C2=NN(C3CCN(C(=O)[C@H](NC(=O)c4c[nH]c5c(-c6c(OCC7CC7)ccc7c6OCO7)ncnc45)[C@@H](C)c4ccccc4)CC3)C(=O)[C@@H]3CCCC[C@H]23)cc1OC. The molecule has 2 saturated carbocycles. The summed E-state index contributed by atoms with van der Waals surface area (Å²) in [7, 11) is 3.23. The van der Waals surface area contributed by atoms with Gasteiger partial charge in [0.25, 0.3) is 5.91 Å². The fraction of sp³-hybridized carbons (Fsp3) is 0.429. The molecule has 15 nitrogen and oxygen atoms in total. The number of carbonyl (C=O) groups is 3. The van der Waals surface area contributed by atoms with E-state index >= 15 is 0 Å². The first-order valence-electron chi connectivity index (χ1n) is 22.5. The number of piperidine rings is 1. The number of amides is 3. The molecular formula is C49H53N7O8. The van der Waals surface area contributed by atoms with Crippen molar-refractivity contribution in [1.82, 2.24) is 30.2 Å². The van der Waals surface area contributed by atoms with Gasteiger partial charge in [-0.15, -0.1) is 0 Å². The molecule has 10 rings (SSSR count). The van der Waals surface area contributed by atoms with Crippen LogP contribution < -0.4 is 29.0 Å². The Morgan fingerprint density at radius 1 is 0.891 bits per heavy atom. The van der Waals surface area contributed by atoms with Crippen molar-refractivity contribution in [3.8, 4) is 40.0 Å². The van der Waals surface area contributed by atoms with Crippen LogP contribution in [0, 0.1) is 17.8 Å².